The Labute approximate surface area is 203 Å². The molecule has 1 fully saturated rings. The van der Waals surface area contributed by atoms with Crippen LogP contribution in [-0.4, -0.2) is 87.6 Å². The van der Waals surface area contributed by atoms with Gasteiger partial charge in [-0.15, -0.1) is 0 Å². The zero-order chi connectivity index (χ0) is 26.4. The highest BCUT2D eigenvalue weighted by molar-refractivity contribution is 6.06. The van der Waals surface area contributed by atoms with Crippen LogP contribution in [0.15, 0.2) is 38.1 Å². The van der Waals surface area contributed by atoms with Gasteiger partial charge in [-0.25, -0.2) is 9.59 Å². The van der Waals surface area contributed by atoms with E-state index in [1.54, 1.807) is 6.07 Å². The summed E-state index contributed by atoms with van der Waals surface area (Å²) in [4.78, 5) is 23.2. The fraction of sp³-hybridized carbons (Fsp3) is 0.478. The number of ether oxygens (including phenoxy) is 4. The SMILES string of the molecule is COc1c2ccoc2c(OCC(O)C(C)(C)OC2OC(C(=O)O)C(O)C(O)C2O)c2oc(=O)ccc12. The Morgan fingerprint density at radius 1 is 1.06 bits per heavy atom. The number of methoxy groups -OCH3 is 1. The first-order chi connectivity index (χ1) is 17.0. The number of carbonyl (C=O) groups is 1. The summed E-state index contributed by atoms with van der Waals surface area (Å²) in [5.41, 5.74) is -1.95. The van der Waals surface area contributed by atoms with Crippen molar-refractivity contribution in [2.75, 3.05) is 13.7 Å². The van der Waals surface area contributed by atoms with Crippen LogP contribution in [0.4, 0.5) is 0 Å². The van der Waals surface area contributed by atoms with Gasteiger partial charge in [0.2, 0.25) is 5.75 Å². The van der Waals surface area contributed by atoms with Crippen LogP contribution in [0.2, 0.25) is 0 Å². The molecule has 0 radical (unpaired) electrons. The molecule has 3 heterocycles. The molecule has 5 N–H and O–H groups in total. The molecule has 4 rings (SSSR count). The van der Waals surface area contributed by atoms with Crippen LogP contribution in [0.25, 0.3) is 21.9 Å². The van der Waals surface area contributed by atoms with E-state index in [1.807, 2.05) is 0 Å². The maximum Gasteiger partial charge on any atom is 0.336 e. The molecule has 196 valence electrons. The van der Waals surface area contributed by atoms with Crippen molar-refractivity contribution >= 4 is 27.9 Å². The van der Waals surface area contributed by atoms with Gasteiger partial charge in [0.1, 0.15) is 36.8 Å². The molecule has 13 heteroatoms. The second-order valence-corrected chi connectivity index (χ2v) is 8.81. The average Bonchev–Trinajstić information content (AvgIpc) is 3.31. The molecular weight excluding hydrogens is 484 g/mol. The number of hydrogen-bond acceptors (Lipinski definition) is 12. The van der Waals surface area contributed by atoms with Crippen molar-refractivity contribution in [3.8, 4) is 11.5 Å². The van der Waals surface area contributed by atoms with Crippen LogP contribution in [0, 0.1) is 0 Å². The third-order valence-electron chi connectivity index (χ3n) is 6.03. The van der Waals surface area contributed by atoms with E-state index in [0.717, 1.165) is 0 Å². The molecule has 3 aromatic rings. The first kappa shape index (κ1) is 25.9. The first-order valence-corrected chi connectivity index (χ1v) is 10.9. The van der Waals surface area contributed by atoms with E-state index in [-0.39, 0.29) is 16.9 Å². The van der Waals surface area contributed by atoms with Crippen molar-refractivity contribution in [1.29, 1.82) is 0 Å². The lowest BCUT2D eigenvalue weighted by atomic mass is 9.97. The molecule has 13 nitrogen and oxygen atoms in total. The standard InChI is InChI=1S/C23H26O13/c1-23(2,36-22-15(28)13(26)14(27)19(35-22)21(29)30)11(24)8-33-20-17-10(6-7-32-17)16(31-3)9-4-5-12(25)34-18(9)20/h4-7,11,13-15,19,22,24,26-28H,8H2,1-3H3,(H,29,30). The largest absolute Gasteiger partial charge is 0.495 e. The Morgan fingerprint density at radius 2 is 1.75 bits per heavy atom. The molecule has 6 atom stereocenters. The Balaban J connectivity index is 1.58. The van der Waals surface area contributed by atoms with Gasteiger partial charge in [0.25, 0.3) is 0 Å². The van der Waals surface area contributed by atoms with Crippen LogP contribution in [0.1, 0.15) is 13.8 Å². The summed E-state index contributed by atoms with van der Waals surface area (Å²) >= 11 is 0. The summed E-state index contributed by atoms with van der Waals surface area (Å²) in [7, 11) is 1.45. The lowest BCUT2D eigenvalue weighted by Gasteiger charge is -2.42. The van der Waals surface area contributed by atoms with E-state index in [1.165, 1.54) is 39.4 Å². The minimum absolute atomic E-state index is 0.0248. The summed E-state index contributed by atoms with van der Waals surface area (Å²) in [6.45, 7) is 2.40. The van der Waals surface area contributed by atoms with E-state index in [0.29, 0.717) is 16.5 Å². The highest BCUT2D eigenvalue weighted by atomic mass is 16.7. The van der Waals surface area contributed by atoms with Crippen molar-refractivity contribution in [3.63, 3.8) is 0 Å². The molecule has 0 saturated carbocycles. The van der Waals surface area contributed by atoms with Crippen LogP contribution in [-0.2, 0) is 14.3 Å². The second-order valence-electron chi connectivity index (χ2n) is 8.81. The highest BCUT2D eigenvalue weighted by Crippen LogP contribution is 2.43. The van der Waals surface area contributed by atoms with Crippen LogP contribution in [0.5, 0.6) is 11.5 Å². The number of hydrogen-bond donors (Lipinski definition) is 5. The summed E-state index contributed by atoms with van der Waals surface area (Å²) in [6.07, 6.45) is -9.13. The molecule has 36 heavy (non-hydrogen) atoms. The highest BCUT2D eigenvalue weighted by Gasteiger charge is 2.49. The van der Waals surface area contributed by atoms with Crippen molar-refractivity contribution in [2.45, 2.75) is 56.3 Å². The molecular formula is C23H26O13. The van der Waals surface area contributed by atoms with Crippen molar-refractivity contribution in [2.24, 2.45) is 0 Å². The minimum Gasteiger partial charge on any atom is -0.495 e. The van der Waals surface area contributed by atoms with Gasteiger partial charge in [0.05, 0.1) is 29.7 Å². The fourth-order valence-electron chi connectivity index (χ4n) is 3.92. The quantitative estimate of drug-likeness (QED) is 0.253. The number of aliphatic hydroxyl groups excluding tert-OH is 4. The predicted molar refractivity (Wildman–Crippen MR) is 120 cm³/mol. The van der Waals surface area contributed by atoms with Crippen molar-refractivity contribution in [3.05, 3.63) is 34.9 Å². The van der Waals surface area contributed by atoms with Crippen molar-refractivity contribution in [1.82, 2.24) is 0 Å². The maximum absolute atomic E-state index is 11.9. The Bertz CT molecular complexity index is 1310. The van der Waals surface area contributed by atoms with Crippen LogP contribution in [0.3, 0.4) is 0 Å². The summed E-state index contributed by atoms with van der Waals surface area (Å²) in [6, 6.07) is 4.36. The number of aliphatic carboxylic acids is 1. The lowest BCUT2D eigenvalue weighted by molar-refractivity contribution is -0.325. The van der Waals surface area contributed by atoms with E-state index >= 15 is 0 Å². The molecule has 1 aliphatic heterocycles. The van der Waals surface area contributed by atoms with Crippen LogP contribution < -0.4 is 15.1 Å². The number of carboxylic acids is 1. The Kier molecular flexibility index (Phi) is 6.96. The Hall–Kier alpha value is -3.20. The predicted octanol–water partition coefficient (Wildman–Crippen LogP) is -0.0251. The molecule has 1 aromatic carbocycles. The van der Waals surface area contributed by atoms with Gasteiger partial charge in [-0.1, -0.05) is 0 Å². The molecule has 1 saturated heterocycles. The number of furan rings is 1. The van der Waals surface area contributed by atoms with E-state index in [2.05, 4.69) is 0 Å². The van der Waals surface area contributed by atoms with E-state index < -0.39 is 60.6 Å². The molecule has 1 aliphatic rings. The van der Waals surface area contributed by atoms with Gasteiger partial charge in [-0.2, -0.15) is 0 Å². The summed E-state index contributed by atoms with van der Waals surface area (Å²) in [5, 5.41) is 51.1. The summed E-state index contributed by atoms with van der Waals surface area (Å²) < 4.78 is 32.8. The molecule has 0 spiro atoms. The zero-order valence-electron chi connectivity index (χ0n) is 19.5. The molecule has 0 amide bonds. The summed E-state index contributed by atoms with van der Waals surface area (Å²) in [5.74, 6) is -1.15. The molecule has 6 unspecified atom stereocenters. The van der Waals surface area contributed by atoms with E-state index in [4.69, 9.17) is 27.8 Å². The number of rotatable bonds is 8. The van der Waals surface area contributed by atoms with Crippen LogP contribution >= 0.6 is 0 Å². The van der Waals surface area contributed by atoms with Gasteiger partial charge in [-0.05, 0) is 26.0 Å². The van der Waals surface area contributed by atoms with E-state index in [9.17, 15) is 35.1 Å². The van der Waals surface area contributed by atoms with Crippen molar-refractivity contribution < 1.29 is 58.1 Å². The average molecular weight is 510 g/mol. The minimum atomic E-state index is -1.89. The Morgan fingerprint density at radius 3 is 2.42 bits per heavy atom. The maximum atomic E-state index is 11.9. The first-order valence-electron chi connectivity index (χ1n) is 10.9. The molecule has 2 aromatic heterocycles. The number of aliphatic hydroxyl groups is 4. The third-order valence-corrected chi connectivity index (χ3v) is 6.03. The van der Waals surface area contributed by atoms with Gasteiger partial charge < -0.3 is 53.3 Å². The monoisotopic (exact) mass is 510 g/mol. The smallest absolute Gasteiger partial charge is 0.336 e. The van der Waals surface area contributed by atoms with Gasteiger partial charge in [0.15, 0.2) is 23.6 Å². The molecule has 0 bridgehead atoms. The third kappa shape index (κ3) is 4.52. The van der Waals surface area contributed by atoms with Gasteiger partial charge in [0, 0.05) is 6.07 Å². The molecule has 0 aliphatic carbocycles. The van der Waals surface area contributed by atoms with Gasteiger partial charge in [-0.3, -0.25) is 0 Å². The number of carboxylic acid groups (broad SMARTS) is 1. The zero-order valence-corrected chi connectivity index (χ0v) is 19.5. The fourth-order valence-corrected chi connectivity index (χ4v) is 3.92. The normalized spacial score (nSPS) is 25.7. The second kappa shape index (κ2) is 9.69. The number of benzene rings is 1. The van der Waals surface area contributed by atoms with Gasteiger partial charge >= 0.3 is 11.6 Å². The topological polar surface area (TPSA) is 198 Å². The number of fused-ring (bicyclic) bond motifs is 2. The lowest BCUT2D eigenvalue weighted by Crippen LogP contribution is -2.62.